The summed E-state index contributed by atoms with van der Waals surface area (Å²) in [5, 5.41) is 10.9. The molecule has 3 nitrogen and oxygen atoms in total. The molecule has 1 aromatic rings. The first kappa shape index (κ1) is 18.1. The molecule has 0 aliphatic rings. The highest BCUT2D eigenvalue weighted by Gasteiger charge is 2.34. The minimum atomic E-state index is -0.723. The fourth-order valence-electron chi connectivity index (χ4n) is 2.83. The fourth-order valence-corrected chi connectivity index (χ4v) is 2.83. The maximum absolute atomic E-state index is 10.9. The number of hydrogen-bond acceptors (Lipinski definition) is 3. The van der Waals surface area contributed by atoms with E-state index in [1.807, 2.05) is 20.8 Å². The van der Waals surface area contributed by atoms with Crippen molar-refractivity contribution in [2.75, 3.05) is 7.11 Å². The third kappa shape index (κ3) is 3.47. The van der Waals surface area contributed by atoms with Gasteiger partial charge in [0.25, 0.3) is 0 Å². The first-order chi connectivity index (χ1) is 9.54. The van der Waals surface area contributed by atoms with Crippen molar-refractivity contribution >= 4 is 0 Å². The lowest BCUT2D eigenvalue weighted by Gasteiger charge is -2.35. The Morgan fingerprint density at radius 3 is 1.62 bits per heavy atom. The van der Waals surface area contributed by atoms with E-state index < -0.39 is 11.7 Å². The van der Waals surface area contributed by atoms with Crippen LogP contribution in [0.4, 0.5) is 0 Å². The van der Waals surface area contributed by atoms with E-state index in [1.54, 1.807) is 7.11 Å². The molecule has 0 spiro atoms. The van der Waals surface area contributed by atoms with Crippen molar-refractivity contribution in [3.63, 3.8) is 0 Å². The third-order valence-electron chi connectivity index (χ3n) is 4.79. The molecule has 0 fully saturated rings. The molecule has 0 aliphatic heterocycles. The molecule has 0 saturated heterocycles. The van der Waals surface area contributed by atoms with Crippen LogP contribution in [0.1, 0.15) is 60.3 Å². The number of aliphatic hydroxyl groups is 1. The number of hydrogen-bond donors (Lipinski definition) is 1. The van der Waals surface area contributed by atoms with Gasteiger partial charge in [-0.05, 0) is 88.8 Å². The summed E-state index contributed by atoms with van der Waals surface area (Å²) in [6, 6.07) is 0. The first-order valence-electron chi connectivity index (χ1n) is 7.50. The van der Waals surface area contributed by atoms with Crippen LogP contribution in [-0.4, -0.2) is 24.1 Å². The molecule has 2 atom stereocenters. The van der Waals surface area contributed by atoms with E-state index in [2.05, 4.69) is 34.6 Å². The average molecular weight is 294 g/mol. The third-order valence-corrected chi connectivity index (χ3v) is 4.79. The Morgan fingerprint density at radius 2 is 1.24 bits per heavy atom. The zero-order chi connectivity index (χ0) is 16.5. The van der Waals surface area contributed by atoms with Gasteiger partial charge in [-0.1, -0.05) is 0 Å². The maximum atomic E-state index is 10.9. The minimum absolute atomic E-state index is 0.358. The Labute approximate surface area is 129 Å². The van der Waals surface area contributed by atoms with Gasteiger partial charge in [0.15, 0.2) is 6.29 Å². The van der Waals surface area contributed by atoms with Gasteiger partial charge in [0.1, 0.15) is 6.10 Å². The molecular weight excluding hydrogens is 264 g/mol. The van der Waals surface area contributed by atoms with Crippen LogP contribution < -0.4 is 0 Å². The summed E-state index contributed by atoms with van der Waals surface area (Å²) in [5.41, 5.74) is 6.31. The van der Waals surface area contributed by atoms with Gasteiger partial charge in [0, 0.05) is 7.11 Å². The fraction of sp³-hybridized carbons (Fsp3) is 0.667. The predicted octanol–water partition coefficient (Wildman–Crippen LogP) is 4.05. The monoisotopic (exact) mass is 294 g/mol. The van der Waals surface area contributed by atoms with Gasteiger partial charge < -0.3 is 14.6 Å². The number of ether oxygens (including phenoxy) is 2. The van der Waals surface area contributed by atoms with E-state index in [0.717, 1.165) is 16.7 Å². The Hall–Kier alpha value is -0.900. The molecule has 1 N–H and O–H groups in total. The van der Waals surface area contributed by atoms with Gasteiger partial charge in [-0.3, -0.25) is 0 Å². The summed E-state index contributed by atoms with van der Waals surface area (Å²) < 4.78 is 11.0. The second-order valence-corrected chi connectivity index (χ2v) is 6.47. The lowest BCUT2D eigenvalue weighted by atomic mass is 9.82. The molecule has 1 aromatic carbocycles. The minimum Gasteiger partial charge on any atom is -0.385 e. The van der Waals surface area contributed by atoms with E-state index in [1.165, 1.54) is 16.7 Å². The van der Waals surface area contributed by atoms with Crippen LogP contribution in [0.25, 0.3) is 0 Å². The van der Waals surface area contributed by atoms with Crippen LogP contribution in [0.3, 0.4) is 0 Å². The van der Waals surface area contributed by atoms with Crippen molar-refractivity contribution in [3.8, 4) is 0 Å². The molecule has 0 radical (unpaired) electrons. The number of benzene rings is 1. The molecule has 0 bridgehead atoms. The van der Waals surface area contributed by atoms with E-state index >= 15 is 0 Å². The number of rotatable bonds is 5. The smallest absolute Gasteiger partial charge is 0.155 e. The standard InChI is InChI=1S/C18H30O3/c1-10-11(2)13(4)16(14(5)12(10)3)17(19)18(7,8)21-15(6)20-9/h15,17,19H,1-9H3. The topological polar surface area (TPSA) is 38.7 Å². The van der Waals surface area contributed by atoms with Crippen molar-refractivity contribution < 1.29 is 14.6 Å². The molecule has 0 aromatic heterocycles. The van der Waals surface area contributed by atoms with Gasteiger partial charge in [-0.2, -0.15) is 0 Å². The molecule has 120 valence electrons. The quantitative estimate of drug-likeness (QED) is 0.833. The lowest BCUT2D eigenvalue weighted by Crippen LogP contribution is -2.37. The van der Waals surface area contributed by atoms with E-state index in [0.29, 0.717) is 0 Å². The average Bonchev–Trinajstić information content (AvgIpc) is 2.42. The summed E-state index contributed by atoms with van der Waals surface area (Å²) >= 11 is 0. The van der Waals surface area contributed by atoms with Crippen LogP contribution in [0, 0.1) is 34.6 Å². The molecule has 3 heteroatoms. The molecule has 21 heavy (non-hydrogen) atoms. The molecule has 2 unspecified atom stereocenters. The first-order valence-corrected chi connectivity index (χ1v) is 7.50. The molecule has 0 amide bonds. The van der Waals surface area contributed by atoms with Gasteiger partial charge in [-0.25, -0.2) is 0 Å². The SMILES string of the molecule is COC(C)OC(C)(C)C(O)c1c(C)c(C)c(C)c(C)c1C. The Morgan fingerprint density at radius 1 is 0.857 bits per heavy atom. The van der Waals surface area contributed by atoms with Crippen molar-refractivity contribution in [1.29, 1.82) is 0 Å². The molecule has 1 rings (SSSR count). The van der Waals surface area contributed by atoms with E-state index in [4.69, 9.17) is 9.47 Å². The number of methoxy groups -OCH3 is 1. The van der Waals surface area contributed by atoms with Crippen LogP contribution in [0.2, 0.25) is 0 Å². The highest BCUT2D eigenvalue weighted by Crippen LogP contribution is 2.37. The second kappa shape index (κ2) is 6.47. The van der Waals surface area contributed by atoms with E-state index in [-0.39, 0.29) is 6.29 Å². The van der Waals surface area contributed by atoms with E-state index in [9.17, 15) is 5.11 Å². The summed E-state index contributed by atoms with van der Waals surface area (Å²) in [4.78, 5) is 0. The van der Waals surface area contributed by atoms with Crippen LogP contribution in [0.5, 0.6) is 0 Å². The summed E-state index contributed by atoms with van der Waals surface area (Å²) in [6.07, 6.45) is -1.06. The Balaban J connectivity index is 3.34. The van der Waals surface area contributed by atoms with Crippen LogP contribution >= 0.6 is 0 Å². The van der Waals surface area contributed by atoms with Crippen LogP contribution in [0.15, 0.2) is 0 Å². The van der Waals surface area contributed by atoms with Crippen molar-refractivity contribution in [3.05, 3.63) is 33.4 Å². The predicted molar refractivity (Wildman–Crippen MR) is 86.7 cm³/mol. The largest absolute Gasteiger partial charge is 0.385 e. The van der Waals surface area contributed by atoms with Crippen molar-refractivity contribution in [1.82, 2.24) is 0 Å². The second-order valence-electron chi connectivity index (χ2n) is 6.47. The summed E-state index contributed by atoms with van der Waals surface area (Å²) in [6.45, 7) is 16.1. The van der Waals surface area contributed by atoms with Gasteiger partial charge in [-0.15, -0.1) is 0 Å². The van der Waals surface area contributed by atoms with Crippen molar-refractivity contribution in [2.45, 2.75) is 73.4 Å². The highest BCUT2D eigenvalue weighted by atomic mass is 16.7. The van der Waals surface area contributed by atoms with Gasteiger partial charge in [0.05, 0.1) is 5.60 Å². The molecule has 0 aliphatic carbocycles. The normalized spacial score (nSPS) is 15.1. The van der Waals surface area contributed by atoms with Gasteiger partial charge >= 0.3 is 0 Å². The highest BCUT2D eigenvalue weighted by molar-refractivity contribution is 5.50. The number of aliphatic hydroxyl groups excluding tert-OH is 1. The summed E-state index contributed by atoms with van der Waals surface area (Å²) in [5.74, 6) is 0. The molecule has 0 heterocycles. The lowest BCUT2D eigenvalue weighted by molar-refractivity contribution is -0.211. The van der Waals surface area contributed by atoms with Gasteiger partial charge in [0.2, 0.25) is 0 Å². The summed E-state index contributed by atoms with van der Waals surface area (Å²) in [7, 11) is 1.60. The van der Waals surface area contributed by atoms with Crippen LogP contribution in [-0.2, 0) is 9.47 Å². The maximum Gasteiger partial charge on any atom is 0.155 e. The molecule has 0 saturated carbocycles. The Bertz CT molecular complexity index is 489. The zero-order valence-corrected chi connectivity index (χ0v) is 14.9. The van der Waals surface area contributed by atoms with Crippen molar-refractivity contribution in [2.24, 2.45) is 0 Å². The molecular formula is C18H30O3. The Kier molecular flexibility index (Phi) is 5.59. The zero-order valence-electron chi connectivity index (χ0n) is 14.9.